The predicted octanol–water partition coefficient (Wildman–Crippen LogP) is 3.04. The van der Waals surface area contributed by atoms with Gasteiger partial charge in [-0.15, -0.1) is 0 Å². The van der Waals surface area contributed by atoms with E-state index >= 15 is 0 Å². The molecule has 0 bridgehead atoms. The molecule has 0 aliphatic heterocycles. The summed E-state index contributed by atoms with van der Waals surface area (Å²) < 4.78 is 34.7. The van der Waals surface area contributed by atoms with Crippen molar-refractivity contribution in [3.05, 3.63) is 0 Å². The van der Waals surface area contributed by atoms with Crippen molar-refractivity contribution in [2.75, 3.05) is 6.61 Å². The molecule has 0 aromatic carbocycles. The van der Waals surface area contributed by atoms with E-state index in [1.165, 1.54) is 25.7 Å². The topological polar surface area (TPSA) is 23.1 Å². The third-order valence-corrected chi connectivity index (χ3v) is 6.42. The van der Waals surface area contributed by atoms with Crippen LogP contribution < -0.4 is 5.11 Å². The Hall–Kier alpha value is 0.633. The molecule has 2 radical (unpaired) electrons. The zero-order valence-electron chi connectivity index (χ0n) is 9.44. The molecule has 0 spiro atoms. The Morgan fingerprint density at radius 1 is 1.00 bits per heavy atom. The fourth-order valence-corrected chi connectivity index (χ4v) is 5.72. The van der Waals surface area contributed by atoms with Crippen LogP contribution in [0.4, 0.5) is 13.2 Å². The molecular weight excluding hydrogens is 402 g/mol. The minimum Gasteiger partial charge on any atom is -0.848 e. The number of hydrogen-bond donors (Lipinski definition) is 0. The van der Waals surface area contributed by atoms with Gasteiger partial charge in [0.2, 0.25) is 0 Å². The third kappa shape index (κ3) is 25.2. The van der Waals surface area contributed by atoms with Crippen molar-refractivity contribution in [2.24, 2.45) is 0 Å². The van der Waals surface area contributed by atoms with E-state index in [9.17, 15) is 13.2 Å². The Morgan fingerprint density at radius 3 is 1.53 bits per heavy atom. The summed E-state index contributed by atoms with van der Waals surface area (Å²) in [6.45, 7) is 2.61. The predicted molar refractivity (Wildman–Crippen MR) is 56.1 cm³/mol. The van der Waals surface area contributed by atoms with Crippen LogP contribution in [-0.2, 0) is 0 Å². The van der Waals surface area contributed by atoms with E-state index in [-0.39, 0.29) is 23.2 Å². The molecule has 5 heteroatoms. The summed E-state index contributed by atoms with van der Waals surface area (Å²) in [6, 6.07) is 0. The summed E-state index contributed by atoms with van der Waals surface area (Å²) in [5.74, 6) is 0. The van der Waals surface area contributed by atoms with Crippen molar-refractivity contribution >= 4 is 23.2 Å². The average molecular weight is 422 g/mol. The third-order valence-electron chi connectivity index (χ3n) is 1.50. The Labute approximate surface area is 102 Å². The van der Waals surface area contributed by atoms with Crippen molar-refractivity contribution in [1.82, 2.24) is 0 Å². The molecule has 0 rings (SSSR count). The molecule has 0 aromatic heterocycles. The van der Waals surface area contributed by atoms with Gasteiger partial charge in [0.15, 0.2) is 0 Å². The quantitative estimate of drug-likeness (QED) is 0.477. The zero-order valence-corrected chi connectivity index (χ0v) is 12.9. The van der Waals surface area contributed by atoms with Crippen LogP contribution in [-0.4, -0.2) is 36.0 Å². The molecule has 0 fully saturated rings. The first-order chi connectivity index (χ1) is 6.97. The Bertz CT molecular complexity index is 112. The minimum atomic E-state index is -4.51. The van der Waals surface area contributed by atoms with Crippen LogP contribution in [0, 0.1) is 0 Å². The van der Waals surface area contributed by atoms with Crippen LogP contribution in [0.2, 0.25) is 8.26 Å². The first kappa shape index (κ1) is 18.0. The van der Waals surface area contributed by atoms with Gasteiger partial charge in [-0.25, -0.2) is 0 Å². The summed E-state index contributed by atoms with van der Waals surface area (Å²) >= 11 is 0.0681. The summed E-state index contributed by atoms with van der Waals surface area (Å²) in [6.07, 6.45) is 1.34. The maximum absolute atomic E-state index is 10.5. The van der Waals surface area contributed by atoms with Gasteiger partial charge in [0.05, 0.1) is 0 Å². The molecule has 0 heterocycles. The molecule has 1 nitrogen and oxygen atoms in total. The van der Waals surface area contributed by atoms with E-state index in [4.69, 9.17) is 5.11 Å². The number of unbranched alkanes of at least 4 members (excludes halogenated alkanes) is 2. The van der Waals surface area contributed by atoms with E-state index in [2.05, 4.69) is 13.8 Å². The number of hydrogen-bond acceptors (Lipinski definition) is 1. The second kappa shape index (κ2) is 12.7. The molecule has 0 saturated heterocycles. The van der Waals surface area contributed by atoms with E-state index < -0.39 is 12.8 Å². The Morgan fingerprint density at radius 2 is 1.33 bits per heavy atom. The Kier molecular flexibility index (Phi) is 15.3. The van der Waals surface area contributed by atoms with Gasteiger partial charge >= 0.3 is 77.2 Å². The smallest absolute Gasteiger partial charge is 0.374 e. The van der Waals surface area contributed by atoms with E-state index in [0.29, 0.717) is 0 Å². The number of alkyl halides is 3. The van der Waals surface area contributed by atoms with Gasteiger partial charge in [0, 0.05) is 0 Å². The molecule has 0 amide bonds. The van der Waals surface area contributed by atoms with Gasteiger partial charge in [0.25, 0.3) is 0 Å². The van der Waals surface area contributed by atoms with E-state index in [0.717, 1.165) is 0 Å². The largest absolute Gasteiger partial charge is 0.848 e. The minimum absolute atomic E-state index is 0.0681. The first-order valence-corrected chi connectivity index (χ1v) is 10.2. The van der Waals surface area contributed by atoms with Crippen LogP contribution in [0.5, 0.6) is 0 Å². The fourth-order valence-electron chi connectivity index (χ4n) is 0.652. The van der Waals surface area contributed by atoms with Crippen molar-refractivity contribution in [3.8, 4) is 0 Å². The van der Waals surface area contributed by atoms with Crippen molar-refractivity contribution in [1.29, 1.82) is 0 Å². The molecule has 0 unspecified atom stereocenters. The molecule has 0 atom stereocenters. The van der Waals surface area contributed by atoms with Crippen molar-refractivity contribution in [2.45, 2.75) is 54.0 Å². The molecule has 0 aliphatic carbocycles. The summed E-state index contributed by atoms with van der Waals surface area (Å²) in [5, 5.41) is 8.83. The average Bonchev–Trinajstić information content (AvgIpc) is 2.18. The molecular formula is C10H20BiF3O. The monoisotopic (exact) mass is 422 g/mol. The van der Waals surface area contributed by atoms with Gasteiger partial charge in [-0.3, -0.25) is 0 Å². The number of halogens is 3. The summed E-state index contributed by atoms with van der Waals surface area (Å²) in [5.41, 5.74) is 0. The second-order valence-corrected chi connectivity index (χ2v) is 8.35. The second-order valence-electron chi connectivity index (χ2n) is 3.14. The van der Waals surface area contributed by atoms with Crippen LogP contribution in [0.3, 0.4) is 0 Å². The van der Waals surface area contributed by atoms with Crippen LogP contribution >= 0.6 is 0 Å². The summed E-state index contributed by atoms with van der Waals surface area (Å²) in [4.78, 5) is 0. The van der Waals surface area contributed by atoms with Gasteiger partial charge in [0.1, 0.15) is 0 Å². The van der Waals surface area contributed by atoms with Crippen molar-refractivity contribution in [3.63, 3.8) is 0 Å². The van der Waals surface area contributed by atoms with Crippen LogP contribution in [0.15, 0.2) is 0 Å². The van der Waals surface area contributed by atoms with E-state index in [1.807, 2.05) is 0 Å². The molecule has 92 valence electrons. The Balaban J connectivity index is 0. The molecule has 0 saturated carbocycles. The maximum atomic E-state index is 10.5. The summed E-state index contributed by atoms with van der Waals surface area (Å²) in [7, 11) is 0. The van der Waals surface area contributed by atoms with Crippen LogP contribution in [0.1, 0.15) is 39.5 Å². The van der Waals surface area contributed by atoms with Gasteiger partial charge in [-0.2, -0.15) is 13.2 Å². The standard InChI is InChI=1S/2C4H9.C2H2F3O.Bi/c2*1-3-4-2;3-2(4,5)1-6;/h2*1,3-4H2,2H3;1H2;/q;;-1;+1. The number of rotatable bonds is 6. The van der Waals surface area contributed by atoms with Gasteiger partial charge in [-0.05, 0) is 6.61 Å². The van der Waals surface area contributed by atoms with Crippen LogP contribution in [0.25, 0.3) is 0 Å². The molecule has 0 N–H and O–H groups in total. The molecule has 15 heavy (non-hydrogen) atoms. The van der Waals surface area contributed by atoms with Crippen molar-refractivity contribution < 1.29 is 18.3 Å². The normalized spacial score (nSPS) is 10.8. The first-order valence-electron chi connectivity index (χ1n) is 5.26. The zero-order chi connectivity index (χ0) is 12.2. The molecule has 0 aliphatic rings. The van der Waals surface area contributed by atoms with Gasteiger partial charge in [-0.1, -0.05) is 0 Å². The fraction of sp³-hybridized carbons (Fsp3) is 1.00. The van der Waals surface area contributed by atoms with E-state index in [1.54, 1.807) is 8.26 Å². The maximum Gasteiger partial charge on any atom is 0.374 e. The molecule has 0 aromatic rings. The van der Waals surface area contributed by atoms with Gasteiger partial charge < -0.3 is 5.11 Å². The SMILES string of the molecule is CCC[CH2][Bi+][CH2]CCC.[O-]CC(F)(F)F.